The largest absolute Gasteiger partial charge is 0.491 e. The van der Waals surface area contributed by atoms with E-state index in [4.69, 9.17) is 14.2 Å². The highest BCUT2D eigenvalue weighted by Crippen LogP contribution is 2.30. The summed E-state index contributed by atoms with van der Waals surface area (Å²) in [6.45, 7) is 1.97. The third-order valence-corrected chi connectivity index (χ3v) is 2.68. The van der Waals surface area contributed by atoms with Gasteiger partial charge in [0.15, 0.2) is 5.75 Å². The number of carbonyl (C=O) groups excluding carboxylic acids is 1. The Labute approximate surface area is 122 Å². The Balaban J connectivity index is 2.77. The van der Waals surface area contributed by atoms with Crippen molar-refractivity contribution in [1.82, 2.24) is 5.32 Å². The van der Waals surface area contributed by atoms with Gasteiger partial charge in [0, 0.05) is 0 Å². The predicted molar refractivity (Wildman–Crippen MR) is 74.6 cm³/mol. The van der Waals surface area contributed by atoms with Crippen LogP contribution in [0.1, 0.15) is 6.92 Å². The Kier molecular flexibility index (Phi) is 6.41. The standard InChI is InChI=1S/C13H18N2O6/c1-4-20-13(16)10(14-2)8-21-9-5-6-12(19-3)11(7-9)15(17)18/h5-7,10,14H,4,8H2,1-3H3. The van der Waals surface area contributed by atoms with Crippen molar-refractivity contribution in [3.8, 4) is 11.5 Å². The van der Waals surface area contributed by atoms with Crippen molar-refractivity contribution in [3.05, 3.63) is 28.3 Å². The molecule has 0 saturated heterocycles. The van der Waals surface area contributed by atoms with Crippen LogP contribution in [0, 0.1) is 10.1 Å². The van der Waals surface area contributed by atoms with Gasteiger partial charge >= 0.3 is 11.7 Å². The second kappa shape index (κ2) is 8.05. The van der Waals surface area contributed by atoms with Crippen LogP contribution < -0.4 is 14.8 Å². The monoisotopic (exact) mass is 298 g/mol. The van der Waals surface area contributed by atoms with Gasteiger partial charge in [-0.25, -0.2) is 0 Å². The van der Waals surface area contributed by atoms with Gasteiger partial charge in [0.05, 0.1) is 24.7 Å². The van der Waals surface area contributed by atoms with Gasteiger partial charge in [-0.1, -0.05) is 0 Å². The van der Waals surface area contributed by atoms with Gasteiger partial charge in [-0.05, 0) is 26.1 Å². The first kappa shape index (κ1) is 16.7. The van der Waals surface area contributed by atoms with Crippen molar-refractivity contribution in [1.29, 1.82) is 0 Å². The number of rotatable bonds is 8. The van der Waals surface area contributed by atoms with E-state index in [-0.39, 0.29) is 30.4 Å². The molecule has 8 nitrogen and oxygen atoms in total. The highest BCUT2D eigenvalue weighted by Gasteiger charge is 2.20. The molecule has 0 amide bonds. The van der Waals surface area contributed by atoms with Crippen LogP contribution in [0.3, 0.4) is 0 Å². The second-order valence-electron chi connectivity index (χ2n) is 4.00. The second-order valence-corrected chi connectivity index (χ2v) is 4.00. The predicted octanol–water partition coefficient (Wildman–Crippen LogP) is 1.13. The van der Waals surface area contributed by atoms with Crippen LogP contribution in [0.2, 0.25) is 0 Å². The molecular weight excluding hydrogens is 280 g/mol. The molecule has 1 N–H and O–H groups in total. The number of nitrogens with one attached hydrogen (secondary N) is 1. The smallest absolute Gasteiger partial charge is 0.326 e. The minimum Gasteiger partial charge on any atom is -0.491 e. The average Bonchev–Trinajstić information content (AvgIpc) is 2.47. The summed E-state index contributed by atoms with van der Waals surface area (Å²) in [5.41, 5.74) is -0.202. The Morgan fingerprint density at radius 2 is 2.19 bits per heavy atom. The number of likely N-dealkylation sites (N-methyl/N-ethyl adjacent to an activating group) is 1. The van der Waals surface area contributed by atoms with Gasteiger partial charge in [-0.15, -0.1) is 0 Å². The van der Waals surface area contributed by atoms with Crippen molar-refractivity contribution in [2.45, 2.75) is 13.0 Å². The topological polar surface area (TPSA) is 99.9 Å². The lowest BCUT2D eigenvalue weighted by Crippen LogP contribution is -2.40. The molecule has 0 fully saturated rings. The van der Waals surface area contributed by atoms with Gasteiger partial charge in [-0.3, -0.25) is 14.9 Å². The zero-order valence-corrected chi connectivity index (χ0v) is 12.1. The van der Waals surface area contributed by atoms with E-state index in [1.807, 2.05) is 0 Å². The average molecular weight is 298 g/mol. The van der Waals surface area contributed by atoms with Gasteiger partial charge in [0.25, 0.3) is 0 Å². The van der Waals surface area contributed by atoms with Crippen molar-refractivity contribution in [3.63, 3.8) is 0 Å². The normalized spacial score (nSPS) is 11.6. The van der Waals surface area contributed by atoms with E-state index < -0.39 is 16.9 Å². The molecule has 116 valence electrons. The number of ether oxygens (including phenoxy) is 3. The molecule has 1 unspecified atom stereocenters. The molecule has 0 radical (unpaired) electrons. The lowest BCUT2D eigenvalue weighted by Gasteiger charge is -2.15. The number of esters is 1. The third kappa shape index (κ3) is 4.60. The number of hydrogen-bond acceptors (Lipinski definition) is 7. The number of benzene rings is 1. The van der Waals surface area contributed by atoms with Crippen molar-refractivity contribution < 1.29 is 23.9 Å². The summed E-state index contributed by atoms with van der Waals surface area (Å²) >= 11 is 0. The summed E-state index contributed by atoms with van der Waals surface area (Å²) in [5.74, 6) is -0.0297. The minimum absolute atomic E-state index is 0.00117. The molecule has 0 saturated carbocycles. The molecule has 1 atom stereocenters. The zero-order chi connectivity index (χ0) is 15.8. The van der Waals surface area contributed by atoms with Crippen molar-refractivity contribution >= 4 is 11.7 Å². The molecule has 8 heteroatoms. The summed E-state index contributed by atoms with van der Waals surface area (Å²) in [5, 5.41) is 13.7. The lowest BCUT2D eigenvalue weighted by molar-refractivity contribution is -0.385. The summed E-state index contributed by atoms with van der Waals surface area (Å²) in [7, 11) is 2.95. The first-order chi connectivity index (χ1) is 10.0. The van der Waals surface area contributed by atoms with Crippen LogP contribution in [0.4, 0.5) is 5.69 Å². The maximum atomic E-state index is 11.6. The van der Waals surface area contributed by atoms with E-state index >= 15 is 0 Å². The van der Waals surface area contributed by atoms with E-state index in [2.05, 4.69) is 5.32 Å². The van der Waals surface area contributed by atoms with E-state index in [0.717, 1.165) is 0 Å². The Bertz CT molecular complexity index is 505. The van der Waals surface area contributed by atoms with E-state index in [1.165, 1.54) is 25.3 Å². The summed E-state index contributed by atoms with van der Waals surface area (Å²) < 4.78 is 15.2. The quantitative estimate of drug-likeness (QED) is 0.436. The van der Waals surface area contributed by atoms with E-state index in [9.17, 15) is 14.9 Å². The Morgan fingerprint density at radius 1 is 1.48 bits per heavy atom. The SMILES string of the molecule is CCOC(=O)C(COc1ccc(OC)c([N+](=O)[O-])c1)NC. The van der Waals surface area contributed by atoms with E-state index in [1.54, 1.807) is 14.0 Å². The van der Waals surface area contributed by atoms with Crippen molar-refractivity contribution in [2.75, 3.05) is 27.4 Å². The first-order valence-electron chi connectivity index (χ1n) is 6.32. The fraction of sp³-hybridized carbons (Fsp3) is 0.462. The van der Waals surface area contributed by atoms with Crippen LogP contribution in [0.5, 0.6) is 11.5 Å². The van der Waals surface area contributed by atoms with E-state index in [0.29, 0.717) is 0 Å². The molecule has 21 heavy (non-hydrogen) atoms. The molecular formula is C13H18N2O6. The number of nitro groups is 1. The Hall–Kier alpha value is -2.35. The molecule has 1 aromatic rings. The lowest BCUT2D eigenvalue weighted by atomic mass is 10.2. The van der Waals surface area contributed by atoms with Gasteiger partial charge in [0.1, 0.15) is 18.4 Å². The highest BCUT2D eigenvalue weighted by atomic mass is 16.6. The van der Waals surface area contributed by atoms with Crippen LogP contribution in [-0.4, -0.2) is 44.3 Å². The molecule has 0 aromatic heterocycles. The first-order valence-corrected chi connectivity index (χ1v) is 6.32. The fourth-order valence-electron chi connectivity index (χ4n) is 1.59. The molecule has 0 aliphatic carbocycles. The molecule has 0 aliphatic heterocycles. The maximum Gasteiger partial charge on any atom is 0.326 e. The molecule has 0 heterocycles. The molecule has 0 bridgehead atoms. The van der Waals surface area contributed by atoms with Gasteiger partial charge < -0.3 is 19.5 Å². The van der Waals surface area contributed by atoms with Gasteiger partial charge in [0.2, 0.25) is 0 Å². The van der Waals surface area contributed by atoms with Crippen molar-refractivity contribution in [2.24, 2.45) is 0 Å². The number of methoxy groups -OCH3 is 1. The Morgan fingerprint density at radius 3 is 2.71 bits per heavy atom. The van der Waals surface area contributed by atoms with Crippen LogP contribution in [0.15, 0.2) is 18.2 Å². The number of carbonyl (C=O) groups is 1. The molecule has 1 rings (SSSR count). The fourth-order valence-corrected chi connectivity index (χ4v) is 1.59. The number of hydrogen-bond donors (Lipinski definition) is 1. The van der Waals surface area contributed by atoms with Gasteiger partial charge in [-0.2, -0.15) is 0 Å². The molecule has 1 aromatic carbocycles. The van der Waals surface area contributed by atoms with Crippen LogP contribution in [0.25, 0.3) is 0 Å². The summed E-state index contributed by atoms with van der Waals surface area (Å²) in [4.78, 5) is 21.9. The maximum absolute atomic E-state index is 11.6. The van der Waals surface area contributed by atoms with Crippen LogP contribution in [-0.2, 0) is 9.53 Å². The minimum atomic E-state index is -0.647. The number of nitrogens with zero attached hydrogens (tertiary/aromatic N) is 1. The van der Waals surface area contributed by atoms with Crippen LogP contribution >= 0.6 is 0 Å². The summed E-state index contributed by atoms with van der Waals surface area (Å²) in [6.07, 6.45) is 0. The zero-order valence-electron chi connectivity index (χ0n) is 12.1. The molecule has 0 aliphatic rings. The number of nitro benzene ring substituents is 1. The third-order valence-electron chi connectivity index (χ3n) is 2.68. The molecule has 0 spiro atoms. The highest BCUT2D eigenvalue weighted by molar-refractivity contribution is 5.75. The summed E-state index contributed by atoms with van der Waals surface area (Å²) in [6, 6.07) is 3.57.